The van der Waals surface area contributed by atoms with Crippen LogP contribution in [0.15, 0.2) is 30.7 Å². The van der Waals surface area contributed by atoms with Crippen LogP contribution in [0.25, 0.3) is 0 Å². The highest BCUT2D eigenvalue weighted by molar-refractivity contribution is 5.91. The topological polar surface area (TPSA) is 97.1 Å². The van der Waals surface area contributed by atoms with Gasteiger partial charge in [0.05, 0.1) is 24.0 Å². The van der Waals surface area contributed by atoms with Crippen molar-refractivity contribution in [1.82, 2.24) is 14.8 Å². The van der Waals surface area contributed by atoms with E-state index < -0.39 is 5.97 Å². The summed E-state index contributed by atoms with van der Waals surface area (Å²) in [6.45, 7) is 1.65. The molecule has 20 heavy (non-hydrogen) atoms. The molecular formula is C13H14N4O3. The third-order valence-electron chi connectivity index (χ3n) is 2.66. The molecule has 1 amide bonds. The van der Waals surface area contributed by atoms with E-state index >= 15 is 0 Å². The SMILES string of the molecule is Cc1cccnc1CC(=O)Nc1cnn(CC(=O)O)c1. The van der Waals surface area contributed by atoms with Gasteiger partial charge in [-0.3, -0.25) is 19.3 Å². The van der Waals surface area contributed by atoms with Crippen LogP contribution in [-0.2, 0) is 22.6 Å². The van der Waals surface area contributed by atoms with Gasteiger partial charge in [-0.05, 0) is 18.6 Å². The van der Waals surface area contributed by atoms with Crippen molar-refractivity contribution in [2.45, 2.75) is 19.9 Å². The van der Waals surface area contributed by atoms with E-state index in [2.05, 4.69) is 15.4 Å². The number of anilines is 1. The number of nitrogens with zero attached hydrogens (tertiary/aromatic N) is 3. The molecule has 0 fully saturated rings. The van der Waals surface area contributed by atoms with Gasteiger partial charge in [-0.2, -0.15) is 5.10 Å². The van der Waals surface area contributed by atoms with Crippen LogP contribution < -0.4 is 5.32 Å². The van der Waals surface area contributed by atoms with Gasteiger partial charge < -0.3 is 10.4 Å². The fraction of sp³-hybridized carbons (Fsp3) is 0.231. The highest BCUT2D eigenvalue weighted by atomic mass is 16.4. The molecule has 0 unspecified atom stereocenters. The summed E-state index contributed by atoms with van der Waals surface area (Å²) in [5.41, 5.74) is 2.12. The van der Waals surface area contributed by atoms with Crippen LogP contribution in [0.4, 0.5) is 5.69 Å². The molecule has 0 saturated heterocycles. The Morgan fingerprint density at radius 2 is 2.25 bits per heavy atom. The standard InChI is InChI=1S/C13H14N4O3/c1-9-3-2-4-14-11(9)5-12(18)16-10-6-15-17(7-10)8-13(19)20/h2-4,6-7H,5,8H2,1H3,(H,16,18)(H,19,20). The number of aliphatic carboxylic acids is 1. The number of aromatic nitrogens is 3. The lowest BCUT2D eigenvalue weighted by molar-refractivity contribution is -0.137. The molecule has 0 spiro atoms. The first-order chi connectivity index (χ1) is 9.54. The van der Waals surface area contributed by atoms with Crippen LogP contribution in [0.5, 0.6) is 0 Å². The number of aryl methyl sites for hydroxylation is 1. The normalized spacial score (nSPS) is 10.2. The summed E-state index contributed by atoms with van der Waals surface area (Å²) in [5, 5.41) is 15.1. The van der Waals surface area contributed by atoms with Crippen molar-refractivity contribution < 1.29 is 14.7 Å². The van der Waals surface area contributed by atoms with Crippen LogP contribution in [0.3, 0.4) is 0 Å². The summed E-state index contributed by atoms with van der Waals surface area (Å²) in [7, 11) is 0. The van der Waals surface area contributed by atoms with E-state index in [0.29, 0.717) is 11.4 Å². The minimum absolute atomic E-state index is 0.163. The minimum atomic E-state index is -0.991. The predicted octanol–water partition coefficient (Wildman–Crippen LogP) is 0.852. The van der Waals surface area contributed by atoms with Gasteiger partial charge in [-0.25, -0.2) is 0 Å². The van der Waals surface area contributed by atoms with Crippen LogP contribution in [-0.4, -0.2) is 31.7 Å². The monoisotopic (exact) mass is 274 g/mol. The molecule has 7 nitrogen and oxygen atoms in total. The third-order valence-corrected chi connectivity index (χ3v) is 2.66. The van der Waals surface area contributed by atoms with E-state index in [4.69, 9.17) is 5.11 Å². The third kappa shape index (κ3) is 3.64. The molecule has 7 heteroatoms. The zero-order valence-electron chi connectivity index (χ0n) is 10.9. The van der Waals surface area contributed by atoms with Crippen molar-refractivity contribution in [3.8, 4) is 0 Å². The van der Waals surface area contributed by atoms with Crippen LogP contribution in [0.1, 0.15) is 11.3 Å². The molecule has 0 radical (unpaired) electrons. The Hall–Kier alpha value is -2.70. The van der Waals surface area contributed by atoms with Gasteiger partial charge in [-0.15, -0.1) is 0 Å². The van der Waals surface area contributed by atoms with E-state index in [1.807, 2.05) is 19.1 Å². The molecule has 0 aliphatic rings. The van der Waals surface area contributed by atoms with E-state index in [-0.39, 0.29) is 18.9 Å². The molecular weight excluding hydrogens is 260 g/mol. The van der Waals surface area contributed by atoms with Crippen molar-refractivity contribution in [2.75, 3.05) is 5.32 Å². The lowest BCUT2D eigenvalue weighted by Gasteiger charge is -2.04. The van der Waals surface area contributed by atoms with E-state index in [1.54, 1.807) is 6.20 Å². The van der Waals surface area contributed by atoms with Crippen molar-refractivity contribution >= 4 is 17.6 Å². The highest BCUT2D eigenvalue weighted by Crippen LogP contribution is 2.08. The number of hydrogen-bond donors (Lipinski definition) is 2. The summed E-state index contributed by atoms with van der Waals surface area (Å²) in [5.74, 6) is -1.21. The van der Waals surface area contributed by atoms with Crippen molar-refractivity contribution in [3.63, 3.8) is 0 Å². The fourth-order valence-electron chi connectivity index (χ4n) is 1.71. The number of carboxylic acids is 1. The molecule has 2 aromatic heterocycles. The smallest absolute Gasteiger partial charge is 0.325 e. The van der Waals surface area contributed by atoms with Gasteiger partial charge in [0.1, 0.15) is 6.54 Å². The summed E-state index contributed by atoms with van der Waals surface area (Å²) < 4.78 is 1.24. The van der Waals surface area contributed by atoms with Crippen LogP contribution in [0, 0.1) is 6.92 Å². The molecule has 2 rings (SSSR count). The number of carboxylic acid groups (broad SMARTS) is 1. The van der Waals surface area contributed by atoms with E-state index in [1.165, 1.54) is 17.1 Å². The maximum atomic E-state index is 11.9. The Kier molecular flexibility index (Phi) is 4.09. The van der Waals surface area contributed by atoms with Crippen molar-refractivity contribution in [2.24, 2.45) is 0 Å². The zero-order chi connectivity index (χ0) is 14.5. The van der Waals surface area contributed by atoms with Crippen molar-refractivity contribution in [1.29, 1.82) is 0 Å². The first-order valence-electron chi connectivity index (χ1n) is 5.99. The van der Waals surface area contributed by atoms with Gasteiger partial charge in [0, 0.05) is 12.4 Å². The first kappa shape index (κ1) is 13.7. The predicted molar refractivity (Wildman–Crippen MR) is 71.2 cm³/mol. The van der Waals surface area contributed by atoms with Gasteiger partial charge in [0.2, 0.25) is 5.91 Å². The second-order valence-electron chi connectivity index (χ2n) is 4.31. The summed E-state index contributed by atoms with van der Waals surface area (Å²) in [4.78, 5) is 26.5. The Morgan fingerprint density at radius 3 is 2.95 bits per heavy atom. The largest absolute Gasteiger partial charge is 0.480 e. The summed E-state index contributed by atoms with van der Waals surface area (Å²) >= 11 is 0. The summed E-state index contributed by atoms with van der Waals surface area (Å²) in [6, 6.07) is 3.70. The number of nitrogens with one attached hydrogen (secondary N) is 1. The second kappa shape index (κ2) is 5.96. The molecule has 0 saturated carbocycles. The first-order valence-corrected chi connectivity index (χ1v) is 5.99. The number of pyridine rings is 1. The van der Waals surface area contributed by atoms with E-state index in [0.717, 1.165) is 5.56 Å². The quantitative estimate of drug-likeness (QED) is 0.842. The number of hydrogen-bond acceptors (Lipinski definition) is 4. The lowest BCUT2D eigenvalue weighted by atomic mass is 10.1. The number of rotatable bonds is 5. The second-order valence-corrected chi connectivity index (χ2v) is 4.31. The molecule has 0 atom stereocenters. The lowest BCUT2D eigenvalue weighted by Crippen LogP contribution is -2.15. The van der Waals surface area contributed by atoms with Crippen molar-refractivity contribution in [3.05, 3.63) is 42.0 Å². The van der Waals surface area contributed by atoms with Gasteiger partial charge in [0.15, 0.2) is 0 Å². The molecule has 104 valence electrons. The molecule has 0 bridgehead atoms. The molecule has 2 aromatic rings. The number of carbonyl (C=O) groups is 2. The van der Waals surface area contributed by atoms with E-state index in [9.17, 15) is 9.59 Å². The average molecular weight is 274 g/mol. The highest BCUT2D eigenvalue weighted by Gasteiger charge is 2.09. The summed E-state index contributed by atoms with van der Waals surface area (Å²) in [6.07, 6.45) is 4.68. The maximum absolute atomic E-state index is 11.9. The minimum Gasteiger partial charge on any atom is -0.480 e. The Bertz CT molecular complexity index is 636. The Morgan fingerprint density at radius 1 is 1.45 bits per heavy atom. The maximum Gasteiger partial charge on any atom is 0.325 e. The van der Waals surface area contributed by atoms with Gasteiger partial charge in [-0.1, -0.05) is 6.07 Å². The molecule has 2 N–H and O–H groups in total. The molecule has 0 aliphatic carbocycles. The molecule has 2 heterocycles. The Balaban J connectivity index is 1.96. The molecule has 0 aliphatic heterocycles. The number of amides is 1. The zero-order valence-corrected chi connectivity index (χ0v) is 10.9. The fourth-order valence-corrected chi connectivity index (χ4v) is 1.71. The molecule has 0 aromatic carbocycles. The van der Waals surface area contributed by atoms with Gasteiger partial charge in [0.25, 0.3) is 0 Å². The average Bonchev–Trinajstić information content (AvgIpc) is 2.78. The Labute approximate surface area is 115 Å². The van der Waals surface area contributed by atoms with Crippen LogP contribution in [0.2, 0.25) is 0 Å². The van der Waals surface area contributed by atoms with Gasteiger partial charge >= 0.3 is 5.97 Å². The number of carbonyl (C=O) groups excluding carboxylic acids is 1. The van der Waals surface area contributed by atoms with Crippen LogP contribution >= 0.6 is 0 Å².